The summed E-state index contributed by atoms with van der Waals surface area (Å²) in [4.78, 5) is 3.74. The van der Waals surface area contributed by atoms with Crippen LogP contribution in [0.15, 0.2) is 24.4 Å². The number of aromatic nitrogens is 1. The van der Waals surface area contributed by atoms with Gasteiger partial charge in [0.15, 0.2) is 0 Å². The van der Waals surface area contributed by atoms with E-state index in [1.54, 1.807) is 24.4 Å². The second-order valence-corrected chi connectivity index (χ2v) is 1.33. The first-order valence-electron chi connectivity index (χ1n) is 2.24. The molecule has 11 heavy (non-hydrogen) atoms. The zero-order chi connectivity index (χ0) is 5.82. The van der Waals surface area contributed by atoms with Gasteiger partial charge in [0.25, 0.3) is 0 Å². The number of rotatable bonds is 0. The van der Waals surface area contributed by atoms with Crippen molar-refractivity contribution in [2.75, 3.05) is 0 Å². The third-order valence-corrected chi connectivity index (χ3v) is 0.779. The first-order chi connectivity index (χ1) is 3.93. The first kappa shape index (κ1) is 16.9. The molecule has 5 heteroatoms. The summed E-state index contributed by atoms with van der Waals surface area (Å²) < 4.78 is 0. The van der Waals surface area contributed by atoms with Crippen LogP contribution in [-0.2, 0) is 0 Å². The highest BCUT2D eigenvalue weighted by Gasteiger charge is 1.81. The molecule has 0 aliphatic carbocycles. The quantitative estimate of drug-likeness (QED) is 0.663. The number of nitrogens with zero attached hydrogens (tertiary/aromatic N) is 2. The van der Waals surface area contributed by atoms with Crippen molar-refractivity contribution in [1.82, 2.24) is 4.98 Å². The van der Waals surface area contributed by atoms with Crippen molar-refractivity contribution in [3.05, 3.63) is 30.1 Å². The Morgan fingerprint density at radius 1 is 1.18 bits per heavy atom. The lowest BCUT2D eigenvalue weighted by molar-refractivity contribution is 1.26. The van der Waals surface area contributed by atoms with E-state index in [2.05, 4.69) is 4.98 Å². The Balaban J connectivity index is -0.000000213. The summed E-state index contributed by atoms with van der Waals surface area (Å²) in [6.07, 6.45) is 1.60. The Morgan fingerprint density at radius 2 is 1.82 bits per heavy atom. The van der Waals surface area contributed by atoms with Gasteiger partial charge in [-0.2, -0.15) is 5.26 Å². The maximum Gasteiger partial charge on any atom is 0.140 e. The largest absolute Gasteiger partial charge is 0.246 e. The lowest BCUT2D eigenvalue weighted by Gasteiger charge is -1.79. The molecule has 1 aromatic heterocycles. The molecule has 0 unspecified atom stereocenters. The van der Waals surface area contributed by atoms with Crippen LogP contribution in [0.5, 0.6) is 0 Å². The molecule has 0 aromatic carbocycles. The van der Waals surface area contributed by atoms with Crippen LogP contribution in [0.4, 0.5) is 0 Å². The number of hydrogen-bond donors (Lipinski definition) is 0. The van der Waals surface area contributed by atoms with Crippen LogP contribution in [0.3, 0.4) is 0 Å². The Morgan fingerprint density at radius 3 is 2.09 bits per heavy atom. The second kappa shape index (κ2) is 9.51. The number of halogens is 3. The van der Waals surface area contributed by atoms with E-state index in [9.17, 15) is 0 Å². The van der Waals surface area contributed by atoms with Gasteiger partial charge in [0.2, 0.25) is 0 Å². The maximum absolute atomic E-state index is 8.23. The summed E-state index contributed by atoms with van der Waals surface area (Å²) in [5, 5.41) is 8.23. The molecule has 0 atom stereocenters. The fourth-order valence-electron chi connectivity index (χ4n) is 0.429. The van der Waals surface area contributed by atoms with Gasteiger partial charge in [-0.1, -0.05) is 6.07 Å². The van der Waals surface area contributed by atoms with Crippen molar-refractivity contribution in [3.63, 3.8) is 0 Å². The van der Waals surface area contributed by atoms with E-state index in [1.165, 1.54) is 0 Å². The summed E-state index contributed by atoms with van der Waals surface area (Å²) in [7, 11) is 0. The molecule has 0 amide bonds. The zero-order valence-electron chi connectivity index (χ0n) is 5.43. The van der Waals surface area contributed by atoms with E-state index >= 15 is 0 Å². The normalized spacial score (nSPS) is 5.73. The molecule has 2 nitrogen and oxygen atoms in total. The van der Waals surface area contributed by atoms with Gasteiger partial charge in [-0.15, -0.1) is 37.2 Å². The van der Waals surface area contributed by atoms with Crippen LogP contribution >= 0.6 is 37.2 Å². The van der Waals surface area contributed by atoms with Crippen LogP contribution < -0.4 is 0 Å². The summed E-state index contributed by atoms with van der Waals surface area (Å²) in [5.74, 6) is 0. The molecule has 0 aliphatic heterocycles. The van der Waals surface area contributed by atoms with E-state index in [0.717, 1.165) is 0 Å². The van der Waals surface area contributed by atoms with Crippen LogP contribution in [0.2, 0.25) is 0 Å². The molecule has 0 saturated heterocycles. The minimum Gasteiger partial charge on any atom is -0.246 e. The molecule has 0 aliphatic rings. The molecular weight excluding hydrogens is 206 g/mol. The minimum atomic E-state index is 0. The van der Waals surface area contributed by atoms with Gasteiger partial charge in [0.05, 0.1) is 0 Å². The van der Waals surface area contributed by atoms with Crippen LogP contribution in [0.1, 0.15) is 5.69 Å². The molecule has 0 radical (unpaired) electrons. The Kier molecular flexibility index (Phi) is 14.6. The van der Waals surface area contributed by atoms with Gasteiger partial charge in [-0.3, -0.25) is 0 Å². The highest BCUT2D eigenvalue weighted by Crippen LogP contribution is 1.86. The van der Waals surface area contributed by atoms with E-state index in [-0.39, 0.29) is 37.2 Å². The molecule has 1 rings (SSSR count). The maximum atomic E-state index is 8.23. The van der Waals surface area contributed by atoms with Gasteiger partial charge in [-0.05, 0) is 12.1 Å². The highest BCUT2D eigenvalue weighted by molar-refractivity contribution is 5.86. The summed E-state index contributed by atoms with van der Waals surface area (Å²) in [6.45, 7) is 0. The average molecular weight is 213 g/mol. The lowest BCUT2D eigenvalue weighted by atomic mass is 10.4. The third kappa shape index (κ3) is 5.93. The fraction of sp³-hybridized carbons (Fsp3) is 0. The van der Waals surface area contributed by atoms with E-state index in [1.807, 2.05) is 6.07 Å². The Bertz CT molecular complexity index is 207. The van der Waals surface area contributed by atoms with Crippen molar-refractivity contribution >= 4 is 37.2 Å². The van der Waals surface area contributed by atoms with Crippen molar-refractivity contribution < 1.29 is 0 Å². The molecule has 1 aromatic rings. The third-order valence-electron chi connectivity index (χ3n) is 0.779. The van der Waals surface area contributed by atoms with Crippen LogP contribution in [-0.4, -0.2) is 4.98 Å². The standard InChI is InChI=1S/C6H4N2.3ClH/c7-5-6-3-1-2-4-8-6;;;/h1-4H;3*1H. The summed E-state index contributed by atoms with van der Waals surface area (Å²) in [6, 6.07) is 7.14. The number of pyridine rings is 1. The molecular formula is C6H7Cl3N2. The van der Waals surface area contributed by atoms with E-state index < -0.39 is 0 Å². The van der Waals surface area contributed by atoms with Crippen molar-refractivity contribution in [1.29, 1.82) is 5.26 Å². The summed E-state index contributed by atoms with van der Waals surface area (Å²) >= 11 is 0. The molecule has 0 bridgehead atoms. The van der Waals surface area contributed by atoms with Gasteiger partial charge in [0.1, 0.15) is 11.8 Å². The first-order valence-corrected chi connectivity index (χ1v) is 2.24. The monoisotopic (exact) mass is 212 g/mol. The smallest absolute Gasteiger partial charge is 0.140 e. The topological polar surface area (TPSA) is 36.7 Å². The predicted molar refractivity (Wildman–Crippen MR) is 50.7 cm³/mol. The average Bonchev–Trinajstić information content (AvgIpc) is 1.90. The van der Waals surface area contributed by atoms with E-state index in [4.69, 9.17) is 5.26 Å². The second-order valence-electron chi connectivity index (χ2n) is 1.33. The van der Waals surface area contributed by atoms with Gasteiger partial charge in [-0.25, -0.2) is 4.98 Å². The predicted octanol–water partition coefficient (Wildman–Crippen LogP) is 2.22. The summed E-state index contributed by atoms with van der Waals surface area (Å²) in [5.41, 5.74) is 0.465. The highest BCUT2D eigenvalue weighted by atomic mass is 35.5. The van der Waals surface area contributed by atoms with Gasteiger partial charge < -0.3 is 0 Å². The van der Waals surface area contributed by atoms with Gasteiger partial charge >= 0.3 is 0 Å². The molecule has 0 spiro atoms. The molecule has 0 fully saturated rings. The molecule has 0 N–H and O–H groups in total. The minimum absolute atomic E-state index is 0. The van der Waals surface area contributed by atoms with Gasteiger partial charge in [0, 0.05) is 6.20 Å². The van der Waals surface area contributed by atoms with Crippen molar-refractivity contribution in [2.45, 2.75) is 0 Å². The van der Waals surface area contributed by atoms with Crippen LogP contribution in [0, 0.1) is 11.3 Å². The Hall–Kier alpha value is -0.490. The van der Waals surface area contributed by atoms with Crippen molar-refractivity contribution in [2.24, 2.45) is 0 Å². The lowest BCUT2D eigenvalue weighted by Crippen LogP contribution is -1.75. The molecule has 0 saturated carbocycles. The SMILES string of the molecule is Cl.Cl.Cl.N#Cc1ccccn1. The number of hydrogen-bond acceptors (Lipinski definition) is 2. The van der Waals surface area contributed by atoms with Crippen LogP contribution in [0.25, 0.3) is 0 Å². The Labute approximate surface area is 83.9 Å². The molecule has 1 heterocycles. The number of nitriles is 1. The molecule has 62 valence electrons. The van der Waals surface area contributed by atoms with E-state index in [0.29, 0.717) is 5.69 Å². The van der Waals surface area contributed by atoms with Crippen molar-refractivity contribution in [3.8, 4) is 6.07 Å². The fourth-order valence-corrected chi connectivity index (χ4v) is 0.429. The zero-order valence-corrected chi connectivity index (χ0v) is 7.88.